The zero-order valence-corrected chi connectivity index (χ0v) is 8.93. The Kier molecular flexibility index (Phi) is 3.42. The van der Waals surface area contributed by atoms with Crippen LogP contribution in [0, 0.1) is 5.82 Å². The molecular weight excluding hydrogens is 237 g/mol. The highest BCUT2D eigenvalue weighted by atomic mass is 79.9. The highest BCUT2D eigenvalue weighted by Gasteiger charge is 2.04. The number of benzene rings is 1. The molecule has 1 rings (SSSR count). The summed E-state index contributed by atoms with van der Waals surface area (Å²) in [5.74, 6) is -0.288. The predicted molar refractivity (Wildman–Crippen MR) is 53.3 cm³/mol. The fraction of sp³-hybridized carbons (Fsp3) is 0.222. The molecule has 0 amide bonds. The lowest BCUT2D eigenvalue weighted by atomic mass is 10.1. The Labute approximate surface area is 84.5 Å². The van der Waals surface area contributed by atoms with Gasteiger partial charge in [-0.1, -0.05) is 21.1 Å². The van der Waals surface area contributed by atoms with Crippen molar-refractivity contribution in [2.75, 3.05) is 7.11 Å². The number of hydrogen-bond donors (Lipinski definition) is 0. The lowest BCUT2D eigenvalue weighted by molar-refractivity contribution is 0.213. The van der Waals surface area contributed by atoms with Gasteiger partial charge in [-0.3, -0.25) is 0 Å². The average Bonchev–Trinajstić information content (AvgIpc) is 2.09. The Balaban J connectivity index is 3.13. The molecule has 0 saturated heterocycles. The van der Waals surface area contributed by atoms with E-state index in [1.165, 1.54) is 19.2 Å². The molecule has 1 aromatic rings. The molecule has 0 heterocycles. The number of nitrogens with zero attached hydrogens (tertiary/aromatic N) is 1. The Bertz CT molecular complexity index is 338. The van der Waals surface area contributed by atoms with E-state index >= 15 is 0 Å². The quantitative estimate of drug-likeness (QED) is 0.580. The molecule has 2 nitrogen and oxygen atoms in total. The van der Waals surface area contributed by atoms with Crippen LogP contribution in [-0.4, -0.2) is 12.8 Å². The third-order valence-corrected chi connectivity index (χ3v) is 2.24. The van der Waals surface area contributed by atoms with Crippen LogP contribution in [0.5, 0.6) is 0 Å². The van der Waals surface area contributed by atoms with E-state index in [0.717, 1.165) is 4.47 Å². The average molecular weight is 246 g/mol. The lowest BCUT2D eigenvalue weighted by Crippen LogP contribution is -1.97. The molecule has 0 saturated carbocycles. The van der Waals surface area contributed by atoms with Crippen molar-refractivity contribution in [3.05, 3.63) is 34.1 Å². The minimum absolute atomic E-state index is 0.288. The molecule has 13 heavy (non-hydrogen) atoms. The zero-order chi connectivity index (χ0) is 9.84. The van der Waals surface area contributed by atoms with E-state index < -0.39 is 0 Å². The Morgan fingerprint density at radius 3 is 2.85 bits per heavy atom. The summed E-state index contributed by atoms with van der Waals surface area (Å²) >= 11 is 3.30. The van der Waals surface area contributed by atoms with Crippen molar-refractivity contribution in [1.29, 1.82) is 0 Å². The van der Waals surface area contributed by atoms with Crippen molar-refractivity contribution in [1.82, 2.24) is 0 Å². The molecule has 0 spiro atoms. The molecule has 0 aliphatic heterocycles. The summed E-state index contributed by atoms with van der Waals surface area (Å²) in [6, 6.07) is 4.43. The van der Waals surface area contributed by atoms with Crippen molar-refractivity contribution >= 4 is 21.6 Å². The topological polar surface area (TPSA) is 21.6 Å². The number of hydrogen-bond acceptors (Lipinski definition) is 2. The lowest BCUT2D eigenvalue weighted by Gasteiger charge is -2.02. The van der Waals surface area contributed by atoms with E-state index in [1.54, 1.807) is 13.0 Å². The number of rotatable bonds is 2. The van der Waals surface area contributed by atoms with Gasteiger partial charge in [-0.05, 0) is 25.1 Å². The highest BCUT2D eigenvalue weighted by Crippen LogP contribution is 2.18. The second-order valence-electron chi connectivity index (χ2n) is 2.48. The van der Waals surface area contributed by atoms with Crippen molar-refractivity contribution in [3.63, 3.8) is 0 Å². The maximum absolute atomic E-state index is 12.8. The largest absolute Gasteiger partial charge is 0.399 e. The molecule has 0 fully saturated rings. The standard InChI is InChI=1S/C9H9BrFNO/c1-6(12-13-2)8-5-7(11)3-4-9(8)10/h3-5H,1-2H3/b12-6+. The minimum Gasteiger partial charge on any atom is -0.399 e. The van der Waals surface area contributed by atoms with E-state index in [0.29, 0.717) is 11.3 Å². The van der Waals surface area contributed by atoms with Gasteiger partial charge in [0.05, 0.1) is 5.71 Å². The summed E-state index contributed by atoms with van der Waals surface area (Å²) in [4.78, 5) is 4.60. The van der Waals surface area contributed by atoms with Gasteiger partial charge in [0.1, 0.15) is 12.9 Å². The van der Waals surface area contributed by atoms with Gasteiger partial charge in [0.15, 0.2) is 0 Å². The van der Waals surface area contributed by atoms with Crippen LogP contribution in [-0.2, 0) is 4.84 Å². The van der Waals surface area contributed by atoms with Crippen molar-refractivity contribution < 1.29 is 9.23 Å². The monoisotopic (exact) mass is 245 g/mol. The molecule has 0 aromatic heterocycles. The van der Waals surface area contributed by atoms with Crippen LogP contribution in [0.15, 0.2) is 27.8 Å². The van der Waals surface area contributed by atoms with E-state index in [1.807, 2.05) is 0 Å². The molecule has 0 atom stereocenters. The first kappa shape index (κ1) is 10.2. The first-order valence-corrected chi connectivity index (χ1v) is 4.47. The van der Waals surface area contributed by atoms with Gasteiger partial charge in [0, 0.05) is 10.0 Å². The van der Waals surface area contributed by atoms with Gasteiger partial charge in [-0.2, -0.15) is 0 Å². The van der Waals surface area contributed by atoms with Gasteiger partial charge in [-0.25, -0.2) is 4.39 Å². The summed E-state index contributed by atoms with van der Waals surface area (Å²) in [6.45, 7) is 1.75. The van der Waals surface area contributed by atoms with Gasteiger partial charge >= 0.3 is 0 Å². The zero-order valence-electron chi connectivity index (χ0n) is 7.34. The molecule has 0 aliphatic carbocycles. The minimum atomic E-state index is -0.288. The van der Waals surface area contributed by atoms with Gasteiger partial charge in [-0.15, -0.1) is 0 Å². The van der Waals surface area contributed by atoms with Crippen molar-refractivity contribution in [2.45, 2.75) is 6.92 Å². The van der Waals surface area contributed by atoms with E-state index in [-0.39, 0.29) is 5.82 Å². The van der Waals surface area contributed by atoms with E-state index in [4.69, 9.17) is 0 Å². The molecule has 0 bridgehead atoms. The Hall–Kier alpha value is -0.900. The Morgan fingerprint density at radius 1 is 1.54 bits per heavy atom. The summed E-state index contributed by atoms with van der Waals surface area (Å²) in [5.41, 5.74) is 1.33. The molecular formula is C9H9BrFNO. The number of halogens is 2. The van der Waals surface area contributed by atoms with Crippen molar-refractivity contribution in [2.24, 2.45) is 5.16 Å². The third-order valence-electron chi connectivity index (χ3n) is 1.55. The first-order chi connectivity index (χ1) is 6.15. The summed E-state index contributed by atoms with van der Waals surface area (Å²) in [6.07, 6.45) is 0. The van der Waals surface area contributed by atoms with Gasteiger partial charge in [0.25, 0.3) is 0 Å². The van der Waals surface area contributed by atoms with Crippen LogP contribution in [0.25, 0.3) is 0 Å². The normalized spacial score (nSPS) is 11.5. The molecule has 70 valence electrons. The molecule has 0 aliphatic rings. The molecule has 0 N–H and O–H groups in total. The SMILES string of the molecule is CO/N=C(\C)c1cc(F)ccc1Br. The third kappa shape index (κ3) is 2.52. The second-order valence-corrected chi connectivity index (χ2v) is 3.34. The molecule has 0 radical (unpaired) electrons. The van der Waals surface area contributed by atoms with Crippen LogP contribution in [0.4, 0.5) is 4.39 Å². The Morgan fingerprint density at radius 2 is 2.23 bits per heavy atom. The summed E-state index contributed by atoms with van der Waals surface area (Å²) in [5, 5.41) is 3.72. The van der Waals surface area contributed by atoms with Crippen LogP contribution in [0.3, 0.4) is 0 Å². The summed E-state index contributed by atoms with van der Waals surface area (Å²) < 4.78 is 13.6. The number of oxime groups is 1. The smallest absolute Gasteiger partial charge is 0.123 e. The maximum Gasteiger partial charge on any atom is 0.123 e. The highest BCUT2D eigenvalue weighted by molar-refractivity contribution is 9.10. The maximum atomic E-state index is 12.8. The predicted octanol–water partition coefficient (Wildman–Crippen LogP) is 2.96. The summed E-state index contributed by atoms with van der Waals surface area (Å²) in [7, 11) is 1.46. The molecule has 4 heteroatoms. The van der Waals surface area contributed by atoms with E-state index in [9.17, 15) is 4.39 Å². The first-order valence-electron chi connectivity index (χ1n) is 3.68. The fourth-order valence-corrected chi connectivity index (χ4v) is 1.49. The van der Waals surface area contributed by atoms with Crippen molar-refractivity contribution in [3.8, 4) is 0 Å². The molecule has 0 unspecified atom stereocenters. The van der Waals surface area contributed by atoms with Crippen LogP contribution in [0.2, 0.25) is 0 Å². The fourth-order valence-electron chi connectivity index (χ4n) is 0.961. The van der Waals surface area contributed by atoms with Gasteiger partial charge in [0.2, 0.25) is 0 Å². The van der Waals surface area contributed by atoms with Crippen LogP contribution < -0.4 is 0 Å². The van der Waals surface area contributed by atoms with Crippen LogP contribution >= 0.6 is 15.9 Å². The second kappa shape index (κ2) is 4.37. The van der Waals surface area contributed by atoms with Gasteiger partial charge < -0.3 is 4.84 Å². The van der Waals surface area contributed by atoms with E-state index in [2.05, 4.69) is 25.9 Å². The van der Waals surface area contributed by atoms with Crippen LogP contribution in [0.1, 0.15) is 12.5 Å². The molecule has 1 aromatic carbocycles.